The zero-order valence-corrected chi connectivity index (χ0v) is 12.2. The molecule has 0 saturated carbocycles. The molecule has 0 aliphatic carbocycles. The smallest absolute Gasteiger partial charge is 0.241 e. The Bertz CT molecular complexity index is 368. The van der Waals surface area contributed by atoms with Crippen LogP contribution in [0.4, 0.5) is 0 Å². The SMILES string of the molecule is CN1CCCN(C(=O)C2NCCCC2(C)C)CC1=O. The largest absolute Gasteiger partial charge is 0.344 e. The van der Waals surface area contributed by atoms with Crippen molar-refractivity contribution in [2.24, 2.45) is 5.41 Å². The second-order valence-electron chi connectivity index (χ2n) is 6.41. The van der Waals surface area contributed by atoms with Gasteiger partial charge in [0.15, 0.2) is 0 Å². The minimum Gasteiger partial charge on any atom is -0.344 e. The van der Waals surface area contributed by atoms with Gasteiger partial charge < -0.3 is 15.1 Å². The minimum atomic E-state index is -0.155. The van der Waals surface area contributed by atoms with E-state index in [1.807, 2.05) is 0 Å². The van der Waals surface area contributed by atoms with Gasteiger partial charge in [-0.3, -0.25) is 9.59 Å². The Hall–Kier alpha value is -1.10. The van der Waals surface area contributed by atoms with Gasteiger partial charge in [0, 0.05) is 20.1 Å². The van der Waals surface area contributed by atoms with Crippen LogP contribution in [0.1, 0.15) is 33.1 Å². The van der Waals surface area contributed by atoms with E-state index in [4.69, 9.17) is 0 Å². The van der Waals surface area contributed by atoms with E-state index in [0.717, 1.165) is 32.4 Å². The molecule has 2 amide bonds. The van der Waals surface area contributed by atoms with Crippen molar-refractivity contribution in [1.29, 1.82) is 0 Å². The summed E-state index contributed by atoms with van der Waals surface area (Å²) in [5.41, 5.74) is -0.0312. The van der Waals surface area contributed by atoms with E-state index in [0.29, 0.717) is 6.54 Å². The summed E-state index contributed by atoms with van der Waals surface area (Å²) >= 11 is 0. The molecule has 19 heavy (non-hydrogen) atoms. The number of carbonyl (C=O) groups excluding carboxylic acids is 2. The zero-order chi connectivity index (χ0) is 14.0. The number of piperidine rings is 1. The molecule has 5 heteroatoms. The predicted molar refractivity (Wildman–Crippen MR) is 73.6 cm³/mol. The van der Waals surface area contributed by atoms with Crippen LogP contribution in [0.3, 0.4) is 0 Å². The Labute approximate surface area is 115 Å². The van der Waals surface area contributed by atoms with Crippen molar-refractivity contribution in [1.82, 2.24) is 15.1 Å². The zero-order valence-electron chi connectivity index (χ0n) is 12.2. The normalized spacial score (nSPS) is 28.2. The summed E-state index contributed by atoms with van der Waals surface area (Å²) in [5, 5.41) is 3.34. The van der Waals surface area contributed by atoms with Gasteiger partial charge in [-0.2, -0.15) is 0 Å². The number of nitrogens with one attached hydrogen (secondary N) is 1. The van der Waals surface area contributed by atoms with Gasteiger partial charge in [0.05, 0.1) is 12.6 Å². The standard InChI is InChI=1S/C14H25N3O2/c1-14(2)6-4-7-15-12(14)13(19)17-9-5-8-16(3)11(18)10-17/h12,15H,4-10H2,1-3H3. The first-order valence-corrected chi connectivity index (χ1v) is 7.18. The van der Waals surface area contributed by atoms with Crippen molar-refractivity contribution in [3.63, 3.8) is 0 Å². The molecular weight excluding hydrogens is 242 g/mol. The quantitative estimate of drug-likeness (QED) is 0.751. The molecule has 2 aliphatic heterocycles. The number of rotatable bonds is 1. The Morgan fingerprint density at radius 1 is 1.32 bits per heavy atom. The van der Waals surface area contributed by atoms with Crippen molar-refractivity contribution in [3.8, 4) is 0 Å². The van der Waals surface area contributed by atoms with E-state index < -0.39 is 0 Å². The summed E-state index contributed by atoms with van der Waals surface area (Å²) in [6, 6.07) is -0.155. The molecule has 0 spiro atoms. The number of amides is 2. The average molecular weight is 267 g/mol. The number of hydrogen-bond donors (Lipinski definition) is 1. The fourth-order valence-electron chi connectivity index (χ4n) is 2.99. The number of carbonyl (C=O) groups is 2. The third kappa shape index (κ3) is 3.08. The monoisotopic (exact) mass is 267 g/mol. The molecule has 0 aromatic carbocycles. The molecule has 1 unspecified atom stereocenters. The van der Waals surface area contributed by atoms with Crippen LogP contribution in [-0.2, 0) is 9.59 Å². The predicted octanol–water partition coefficient (Wildman–Crippen LogP) is 0.455. The van der Waals surface area contributed by atoms with E-state index in [1.165, 1.54) is 0 Å². The molecule has 1 N–H and O–H groups in total. The average Bonchev–Trinajstić information content (AvgIpc) is 2.51. The van der Waals surface area contributed by atoms with Crippen molar-refractivity contribution in [3.05, 3.63) is 0 Å². The third-order valence-electron chi connectivity index (χ3n) is 4.36. The lowest BCUT2D eigenvalue weighted by molar-refractivity contribution is -0.142. The van der Waals surface area contributed by atoms with E-state index in [9.17, 15) is 9.59 Å². The molecule has 0 bridgehead atoms. The molecular formula is C14H25N3O2. The molecule has 1 atom stereocenters. The van der Waals surface area contributed by atoms with Gasteiger partial charge >= 0.3 is 0 Å². The van der Waals surface area contributed by atoms with Gasteiger partial charge in [-0.25, -0.2) is 0 Å². The first-order valence-electron chi connectivity index (χ1n) is 7.18. The number of hydrogen-bond acceptors (Lipinski definition) is 3. The summed E-state index contributed by atoms with van der Waals surface area (Å²) in [6.07, 6.45) is 3.03. The van der Waals surface area contributed by atoms with Crippen molar-refractivity contribution in [2.75, 3.05) is 33.2 Å². The van der Waals surface area contributed by atoms with Gasteiger partial charge in [-0.1, -0.05) is 13.8 Å². The van der Waals surface area contributed by atoms with E-state index in [1.54, 1.807) is 16.8 Å². The molecule has 108 valence electrons. The Morgan fingerprint density at radius 3 is 2.74 bits per heavy atom. The van der Waals surface area contributed by atoms with Crippen LogP contribution < -0.4 is 5.32 Å². The van der Waals surface area contributed by atoms with Gasteiger partial charge in [-0.05, 0) is 31.2 Å². The third-order valence-corrected chi connectivity index (χ3v) is 4.36. The summed E-state index contributed by atoms with van der Waals surface area (Å²) in [7, 11) is 1.80. The highest BCUT2D eigenvalue weighted by Gasteiger charge is 2.40. The molecule has 2 saturated heterocycles. The van der Waals surface area contributed by atoms with Crippen LogP contribution in [-0.4, -0.2) is 60.9 Å². The molecule has 0 radical (unpaired) electrons. The molecule has 2 rings (SSSR count). The maximum absolute atomic E-state index is 12.7. The summed E-state index contributed by atoms with van der Waals surface area (Å²) in [5.74, 6) is 0.132. The van der Waals surface area contributed by atoms with Crippen LogP contribution in [0.15, 0.2) is 0 Å². The van der Waals surface area contributed by atoms with Crippen molar-refractivity contribution in [2.45, 2.75) is 39.2 Å². The molecule has 2 heterocycles. The summed E-state index contributed by atoms with van der Waals surface area (Å²) in [4.78, 5) is 28.0. The van der Waals surface area contributed by atoms with Gasteiger partial charge in [-0.15, -0.1) is 0 Å². The van der Waals surface area contributed by atoms with Crippen LogP contribution in [0.2, 0.25) is 0 Å². The van der Waals surface area contributed by atoms with Gasteiger partial charge in [0.25, 0.3) is 0 Å². The van der Waals surface area contributed by atoms with Crippen molar-refractivity contribution < 1.29 is 9.59 Å². The topological polar surface area (TPSA) is 52.6 Å². The first kappa shape index (κ1) is 14.3. The second kappa shape index (κ2) is 5.49. The van der Waals surface area contributed by atoms with E-state index in [2.05, 4.69) is 19.2 Å². The lowest BCUT2D eigenvalue weighted by atomic mass is 9.77. The molecule has 5 nitrogen and oxygen atoms in total. The molecule has 0 aromatic heterocycles. The van der Waals surface area contributed by atoms with Crippen LogP contribution in [0.25, 0.3) is 0 Å². The van der Waals surface area contributed by atoms with E-state index in [-0.39, 0.29) is 29.8 Å². The molecule has 0 aromatic rings. The Kier molecular flexibility index (Phi) is 4.13. The number of likely N-dealkylation sites (N-methyl/N-ethyl adjacent to an activating group) is 1. The summed E-state index contributed by atoms with van der Waals surface area (Å²) < 4.78 is 0. The molecule has 2 fully saturated rings. The van der Waals surface area contributed by atoms with E-state index >= 15 is 0 Å². The van der Waals surface area contributed by atoms with Gasteiger partial charge in [0.2, 0.25) is 11.8 Å². The fourth-order valence-corrected chi connectivity index (χ4v) is 2.99. The molecule has 2 aliphatic rings. The second-order valence-corrected chi connectivity index (χ2v) is 6.41. The highest BCUT2D eigenvalue weighted by atomic mass is 16.2. The maximum atomic E-state index is 12.7. The lowest BCUT2D eigenvalue weighted by Gasteiger charge is -2.40. The minimum absolute atomic E-state index is 0.0312. The highest BCUT2D eigenvalue weighted by Crippen LogP contribution is 2.31. The fraction of sp³-hybridized carbons (Fsp3) is 0.857. The first-order chi connectivity index (χ1) is 8.92. The lowest BCUT2D eigenvalue weighted by Crippen LogP contribution is -2.57. The Balaban J connectivity index is 2.08. The van der Waals surface area contributed by atoms with Gasteiger partial charge in [0.1, 0.15) is 0 Å². The van der Waals surface area contributed by atoms with Crippen LogP contribution in [0, 0.1) is 5.41 Å². The Morgan fingerprint density at radius 2 is 2.05 bits per heavy atom. The van der Waals surface area contributed by atoms with Crippen molar-refractivity contribution >= 4 is 11.8 Å². The maximum Gasteiger partial charge on any atom is 0.241 e. The highest BCUT2D eigenvalue weighted by molar-refractivity contribution is 5.88. The summed E-state index contributed by atoms with van der Waals surface area (Å²) in [6.45, 7) is 6.80. The number of nitrogens with zero attached hydrogens (tertiary/aromatic N) is 2. The van der Waals surface area contributed by atoms with Crippen LogP contribution in [0.5, 0.6) is 0 Å². The van der Waals surface area contributed by atoms with Crippen LogP contribution >= 0.6 is 0 Å².